The molecule has 0 amide bonds. The second kappa shape index (κ2) is 4.46. The summed E-state index contributed by atoms with van der Waals surface area (Å²) in [5.74, 6) is -3.68. The van der Waals surface area contributed by atoms with Gasteiger partial charge in [-0.3, -0.25) is 0 Å². The van der Waals surface area contributed by atoms with Crippen molar-refractivity contribution in [3.63, 3.8) is 0 Å². The molecule has 0 radical (unpaired) electrons. The Balaban J connectivity index is 2.89. The lowest BCUT2D eigenvalue weighted by Crippen LogP contribution is -2.23. The molecule has 78 valence electrons. The Bertz CT molecular complexity index is 302. The predicted octanol–water partition coefficient (Wildman–Crippen LogP) is 2.25. The van der Waals surface area contributed by atoms with Crippen LogP contribution >= 0.6 is 0 Å². The van der Waals surface area contributed by atoms with E-state index in [4.69, 9.17) is 0 Å². The second-order valence-electron chi connectivity index (χ2n) is 3.27. The van der Waals surface area contributed by atoms with Crippen LogP contribution < -0.4 is 5.32 Å². The molecule has 0 bridgehead atoms. The van der Waals surface area contributed by atoms with Gasteiger partial charge in [0.1, 0.15) is 0 Å². The molecule has 1 unspecified atom stereocenters. The fraction of sp³-hybridized carbons (Fsp3) is 0.400. The van der Waals surface area contributed by atoms with Gasteiger partial charge in [-0.05, 0) is 38.1 Å². The van der Waals surface area contributed by atoms with E-state index in [1.807, 2.05) is 6.92 Å². The molecule has 1 nitrogen and oxygen atoms in total. The Morgan fingerprint density at radius 2 is 1.71 bits per heavy atom. The highest BCUT2D eigenvalue weighted by molar-refractivity contribution is 5.20. The van der Waals surface area contributed by atoms with E-state index in [2.05, 4.69) is 5.32 Å². The van der Waals surface area contributed by atoms with Crippen molar-refractivity contribution < 1.29 is 13.2 Å². The van der Waals surface area contributed by atoms with Crippen molar-refractivity contribution in [2.24, 2.45) is 0 Å². The van der Waals surface area contributed by atoms with E-state index in [1.54, 1.807) is 7.05 Å². The Kier molecular flexibility index (Phi) is 3.52. The van der Waals surface area contributed by atoms with E-state index in [1.165, 1.54) is 0 Å². The maximum atomic E-state index is 12.8. The molecule has 4 heteroatoms. The van der Waals surface area contributed by atoms with Crippen LogP contribution in [0.15, 0.2) is 12.1 Å². The smallest absolute Gasteiger partial charge is 0.194 e. The number of nitrogens with one attached hydrogen (secondary N) is 1. The van der Waals surface area contributed by atoms with Gasteiger partial charge in [0.15, 0.2) is 17.5 Å². The van der Waals surface area contributed by atoms with Crippen LogP contribution in [0.5, 0.6) is 0 Å². The van der Waals surface area contributed by atoms with Crippen LogP contribution in [0.25, 0.3) is 0 Å². The first-order chi connectivity index (χ1) is 6.54. The minimum absolute atomic E-state index is 0.0965. The number of likely N-dealkylation sites (N-methyl/N-ethyl adjacent to an activating group) is 1. The molecule has 0 saturated carbocycles. The van der Waals surface area contributed by atoms with E-state index in [-0.39, 0.29) is 6.04 Å². The monoisotopic (exact) mass is 203 g/mol. The fourth-order valence-electron chi connectivity index (χ4n) is 1.18. The van der Waals surface area contributed by atoms with Crippen molar-refractivity contribution >= 4 is 0 Å². The maximum absolute atomic E-state index is 12.8. The summed E-state index contributed by atoms with van der Waals surface area (Å²) >= 11 is 0. The van der Waals surface area contributed by atoms with Crippen LogP contribution in [0, 0.1) is 17.5 Å². The van der Waals surface area contributed by atoms with Gasteiger partial charge in [-0.2, -0.15) is 0 Å². The zero-order valence-electron chi connectivity index (χ0n) is 8.07. The summed E-state index contributed by atoms with van der Waals surface area (Å²) in [7, 11) is 1.75. The Labute approximate surface area is 80.9 Å². The van der Waals surface area contributed by atoms with E-state index in [0.29, 0.717) is 12.0 Å². The van der Waals surface area contributed by atoms with Crippen molar-refractivity contribution in [3.05, 3.63) is 35.1 Å². The summed E-state index contributed by atoms with van der Waals surface area (Å²) in [5, 5.41) is 2.93. The predicted molar refractivity (Wildman–Crippen MR) is 48.5 cm³/mol. The van der Waals surface area contributed by atoms with Gasteiger partial charge < -0.3 is 5.32 Å². The molecule has 1 atom stereocenters. The van der Waals surface area contributed by atoms with Gasteiger partial charge in [0.2, 0.25) is 0 Å². The van der Waals surface area contributed by atoms with Gasteiger partial charge in [0.25, 0.3) is 0 Å². The first-order valence-electron chi connectivity index (χ1n) is 4.35. The Morgan fingerprint density at radius 3 is 2.14 bits per heavy atom. The normalized spacial score (nSPS) is 12.9. The number of rotatable bonds is 3. The molecule has 0 fully saturated rings. The quantitative estimate of drug-likeness (QED) is 0.743. The third-order valence-corrected chi connectivity index (χ3v) is 2.08. The van der Waals surface area contributed by atoms with E-state index >= 15 is 0 Å². The first-order valence-corrected chi connectivity index (χ1v) is 4.35. The SMILES string of the molecule is CNC(C)Cc1cc(F)c(F)c(F)c1. The highest BCUT2D eigenvalue weighted by Gasteiger charge is 2.11. The molecule has 0 heterocycles. The molecule has 0 saturated heterocycles. The Morgan fingerprint density at radius 1 is 1.21 bits per heavy atom. The highest BCUT2D eigenvalue weighted by Crippen LogP contribution is 2.14. The van der Waals surface area contributed by atoms with Gasteiger partial charge in [-0.15, -0.1) is 0 Å². The molecule has 0 aliphatic heterocycles. The molecule has 0 aliphatic carbocycles. The number of hydrogen-bond donors (Lipinski definition) is 1. The van der Waals surface area contributed by atoms with Gasteiger partial charge in [0, 0.05) is 6.04 Å². The van der Waals surface area contributed by atoms with Crippen LogP contribution in [0.3, 0.4) is 0 Å². The lowest BCUT2D eigenvalue weighted by molar-refractivity contribution is 0.444. The van der Waals surface area contributed by atoms with Crippen LogP contribution in [0.4, 0.5) is 13.2 Å². The molecule has 1 rings (SSSR count). The number of benzene rings is 1. The third kappa shape index (κ3) is 2.48. The van der Waals surface area contributed by atoms with Gasteiger partial charge in [0.05, 0.1) is 0 Å². The summed E-state index contributed by atoms with van der Waals surface area (Å²) < 4.78 is 38.1. The van der Waals surface area contributed by atoms with Crippen LogP contribution in [0.1, 0.15) is 12.5 Å². The minimum Gasteiger partial charge on any atom is -0.317 e. The zero-order chi connectivity index (χ0) is 10.7. The van der Waals surface area contributed by atoms with E-state index < -0.39 is 17.5 Å². The summed E-state index contributed by atoms with van der Waals surface area (Å²) in [6.07, 6.45) is 0.463. The molecular formula is C10H12F3N. The second-order valence-corrected chi connectivity index (χ2v) is 3.27. The minimum atomic E-state index is -1.41. The van der Waals surface area contributed by atoms with Crippen molar-refractivity contribution in [1.82, 2.24) is 5.32 Å². The molecule has 1 N–H and O–H groups in total. The van der Waals surface area contributed by atoms with Crippen LogP contribution in [-0.2, 0) is 6.42 Å². The third-order valence-electron chi connectivity index (χ3n) is 2.08. The van der Waals surface area contributed by atoms with Gasteiger partial charge in [-0.1, -0.05) is 0 Å². The first kappa shape index (κ1) is 11.0. The van der Waals surface area contributed by atoms with Crippen molar-refractivity contribution in [2.45, 2.75) is 19.4 Å². The zero-order valence-corrected chi connectivity index (χ0v) is 8.07. The average Bonchev–Trinajstić information content (AvgIpc) is 2.14. The molecule has 1 aromatic rings. The topological polar surface area (TPSA) is 12.0 Å². The van der Waals surface area contributed by atoms with Crippen molar-refractivity contribution in [1.29, 1.82) is 0 Å². The van der Waals surface area contributed by atoms with Gasteiger partial charge in [-0.25, -0.2) is 13.2 Å². The largest absolute Gasteiger partial charge is 0.317 e. The summed E-state index contributed by atoms with van der Waals surface area (Å²) in [6.45, 7) is 1.87. The van der Waals surface area contributed by atoms with Crippen LogP contribution in [-0.4, -0.2) is 13.1 Å². The standard InChI is InChI=1S/C10H12F3N/c1-6(14-2)3-7-4-8(11)10(13)9(12)5-7/h4-6,14H,3H2,1-2H3. The molecule has 1 aromatic carbocycles. The molecule has 0 aromatic heterocycles. The van der Waals surface area contributed by atoms with Gasteiger partial charge >= 0.3 is 0 Å². The average molecular weight is 203 g/mol. The maximum Gasteiger partial charge on any atom is 0.194 e. The number of halogens is 3. The number of hydrogen-bond acceptors (Lipinski definition) is 1. The summed E-state index contributed by atoms with van der Waals surface area (Å²) in [6, 6.07) is 2.14. The van der Waals surface area contributed by atoms with E-state index in [0.717, 1.165) is 12.1 Å². The molecular weight excluding hydrogens is 191 g/mol. The lowest BCUT2D eigenvalue weighted by atomic mass is 10.1. The fourth-order valence-corrected chi connectivity index (χ4v) is 1.18. The Hall–Kier alpha value is -1.03. The highest BCUT2D eigenvalue weighted by atomic mass is 19.2. The van der Waals surface area contributed by atoms with Crippen molar-refractivity contribution in [2.75, 3.05) is 7.05 Å². The molecule has 14 heavy (non-hydrogen) atoms. The molecule has 0 aliphatic rings. The van der Waals surface area contributed by atoms with Crippen molar-refractivity contribution in [3.8, 4) is 0 Å². The van der Waals surface area contributed by atoms with Crippen LogP contribution in [0.2, 0.25) is 0 Å². The summed E-state index contributed by atoms with van der Waals surface area (Å²) in [5.41, 5.74) is 0.447. The lowest BCUT2D eigenvalue weighted by Gasteiger charge is -2.10. The van der Waals surface area contributed by atoms with E-state index in [9.17, 15) is 13.2 Å². The molecule has 0 spiro atoms. The summed E-state index contributed by atoms with van der Waals surface area (Å²) in [4.78, 5) is 0.